The quantitative estimate of drug-likeness (QED) is 0.399. The number of amides is 2. The normalized spacial score (nSPS) is 15.8. The van der Waals surface area contributed by atoms with Crippen molar-refractivity contribution in [2.75, 3.05) is 10.2 Å². The number of carbonyl (C=O) groups excluding carboxylic acids is 2. The maximum atomic E-state index is 13.4. The molecule has 0 bridgehead atoms. The van der Waals surface area contributed by atoms with E-state index in [9.17, 15) is 14.0 Å². The number of halogens is 3. The van der Waals surface area contributed by atoms with Gasteiger partial charge >= 0.3 is 0 Å². The first-order valence-electron chi connectivity index (χ1n) is 10.0. The zero-order chi connectivity index (χ0) is 23.5. The van der Waals surface area contributed by atoms with E-state index in [1.54, 1.807) is 53.4 Å². The molecule has 1 fully saturated rings. The third-order valence-corrected chi connectivity index (χ3v) is 6.37. The molecule has 1 aliphatic rings. The van der Waals surface area contributed by atoms with E-state index in [2.05, 4.69) is 21.2 Å². The lowest BCUT2D eigenvalue weighted by molar-refractivity contribution is -0.124. The highest BCUT2D eigenvalue weighted by molar-refractivity contribution is 9.10. The average Bonchev–Trinajstić information content (AvgIpc) is 3.01. The number of carbonyl (C=O) groups is 2. The van der Waals surface area contributed by atoms with Gasteiger partial charge in [-0.15, -0.1) is 0 Å². The van der Waals surface area contributed by atoms with Gasteiger partial charge in [-0.2, -0.15) is 0 Å². The van der Waals surface area contributed by atoms with Crippen LogP contribution < -0.4 is 10.2 Å². The SMILES string of the molecule is O=C(CC1C(=O)N(c2ccc(Cl)cc2)C(=S)N1Cc1ccc(F)cc1)Nc1ccc(Br)cc1. The van der Waals surface area contributed by atoms with Crippen molar-refractivity contribution >= 4 is 68.1 Å². The molecule has 1 aliphatic heterocycles. The van der Waals surface area contributed by atoms with Gasteiger partial charge in [0.05, 0.1) is 12.1 Å². The van der Waals surface area contributed by atoms with Crippen molar-refractivity contribution in [3.05, 3.63) is 93.7 Å². The van der Waals surface area contributed by atoms with Crippen LogP contribution in [0.3, 0.4) is 0 Å². The summed E-state index contributed by atoms with van der Waals surface area (Å²) < 4.78 is 14.3. The van der Waals surface area contributed by atoms with Crippen LogP contribution in [0.4, 0.5) is 15.8 Å². The fourth-order valence-corrected chi connectivity index (χ4v) is 4.33. The van der Waals surface area contributed by atoms with E-state index < -0.39 is 6.04 Å². The summed E-state index contributed by atoms with van der Waals surface area (Å²) in [5, 5.41) is 3.62. The molecule has 3 aromatic carbocycles. The molecule has 2 amide bonds. The number of benzene rings is 3. The second-order valence-corrected chi connectivity index (χ2v) is 9.18. The Kier molecular flexibility index (Phi) is 7.07. The summed E-state index contributed by atoms with van der Waals surface area (Å²) in [6, 6.07) is 19.1. The maximum absolute atomic E-state index is 13.4. The van der Waals surface area contributed by atoms with Crippen LogP contribution in [0.2, 0.25) is 5.02 Å². The summed E-state index contributed by atoms with van der Waals surface area (Å²) in [6.07, 6.45) is -0.0969. The summed E-state index contributed by atoms with van der Waals surface area (Å²) >= 11 is 15.0. The number of hydrogen-bond donors (Lipinski definition) is 1. The van der Waals surface area contributed by atoms with Crippen molar-refractivity contribution in [1.82, 2.24) is 4.90 Å². The minimum absolute atomic E-state index is 0.0969. The Balaban J connectivity index is 1.59. The highest BCUT2D eigenvalue weighted by Gasteiger charge is 2.44. The Hall–Kier alpha value is -2.81. The second kappa shape index (κ2) is 9.99. The predicted molar refractivity (Wildman–Crippen MR) is 135 cm³/mol. The smallest absolute Gasteiger partial charge is 0.256 e. The lowest BCUT2D eigenvalue weighted by atomic mass is 10.1. The van der Waals surface area contributed by atoms with Gasteiger partial charge in [-0.1, -0.05) is 39.7 Å². The standard InChI is InChI=1S/C24H18BrClFN3O2S/c25-16-3-9-19(10-4-16)28-22(31)13-21-23(32)30(20-11-5-17(26)6-12-20)24(33)29(21)14-15-1-7-18(27)8-2-15/h1-12,21H,13-14H2,(H,28,31). The van der Waals surface area contributed by atoms with E-state index >= 15 is 0 Å². The van der Waals surface area contributed by atoms with Crippen molar-refractivity contribution in [2.24, 2.45) is 0 Å². The first-order valence-corrected chi connectivity index (χ1v) is 11.6. The number of hydrogen-bond acceptors (Lipinski definition) is 3. The topological polar surface area (TPSA) is 52.7 Å². The summed E-state index contributed by atoms with van der Waals surface area (Å²) in [6.45, 7) is 0.255. The van der Waals surface area contributed by atoms with Gasteiger partial charge in [0.1, 0.15) is 11.9 Å². The van der Waals surface area contributed by atoms with E-state index in [0.717, 1.165) is 10.0 Å². The van der Waals surface area contributed by atoms with E-state index in [1.807, 2.05) is 12.1 Å². The molecule has 168 valence electrons. The molecule has 4 rings (SSSR count). The fraction of sp³-hybridized carbons (Fsp3) is 0.125. The maximum Gasteiger partial charge on any atom is 0.256 e. The molecule has 1 saturated heterocycles. The lowest BCUT2D eigenvalue weighted by Gasteiger charge is -2.24. The molecule has 1 heterocycles. The van der Waals surface area contributed by atoms with Gasteiger partial charge < -0.3 is 10.2 Å². The monoisotopic (exact) mass is 545 g/mol. The molecule has 1 N–H and O–H groups in total. The van der Waals surface area contributed by atoms with Crippen LogP contribution in [0, 0.1) is 5.82 Å². The van der Waals surface area contributed by atoms with Crippen LogP contribution in [0.5, 0.6) is 0 Å². The number of thiocarbonyl (C=S) groups is 1. The Morgan fingerprint density at radius 1 is 1.03 bits per heavy atom. The van der Waals surface area contributed by atoms with Crippen LogP contribution in [0.15, 0.2) is 77.3 Å². The summed E-state index contributed by atoms with van der Waals surface area (Å²) in [7, 11) is 0. The Morgan fingerprint density at radius 2 is 1.67 bits per heavy atom. The Morgan fingerprint density at radius 3 is 2.30 bits per heavy atom. The highest BCUT2D eigenvalue weighted by Crippen LogP contribution is 2.30. The van der Waals surface area contributed by atoms with Crippen LogP contribution in [-0.4, -0.2) is 27.9 Å². The third-order valence-electron chi connectivity index (χ3n) is 5.18. The number of rotatable bonds is 6. The molecule has 0 radical (unpaired) electrons. The minimum atomic E-state index is -0.811. The van der Waals surface area contributed by atoms with Crippen LogP contribution in [-0.2, 0) is 16.1 Å². The highest BCUT2D eigenvalue weighted by atomic mass is 79.9. The molecular formula is C24H18BrClFN3O2S. The molecule has 3 aromatic rings. The molecule has 1 atom stereocenters. The van der Waals surface area contributed by atoms with E-state index in [0.29, 0.717) is 16.4 Å². The molecule has 0 spiro atoms. The zero-order valence-electron chi connectivity index (χ0n) is 17.2. The average molecular weight is 547 g/mol. The van der Waals surface area contributed by atoms with Gasteiger partial charge in [0.15, 0.2) is 5.11 Å². The van der Waals surface area contributed by atoms with Gasteiger partial charge in [-0.25, -0.2) is 4.39 Å². The summed E-state index contributed by atoms with van der Waals surface area (Å²) in [5.74, 6) is -0.983. The Labute approximate surface area is 209 Å². The molecule has 1 unspecified atom stereocenters. The molecular weight excluding hydrogens is 529 g/mol. The number of nitrogens with zero attached hydrogens (tertiary/aromatic N) is 2. The predicted octanol–water partition coefficient (Wildman–Crippen LogP) is 5.77. The summed E-state index contributed by atoms with van der Waals surface area (Å²) in [4.78, 5) is 29.3. The largest absolute Gasteiger partial charge is 0.332 e. The summed E-state index contributed by atoms with van der Waals surface area (Å²) in [5.41, 5.74) is 1.95. The van der Waals surface area contributed by atoms with Crippen molar-refractivity contribution in [3.8, 4) is 0 Å². The van der Waals surface area contributed by atoms with Gasteiger partial charge in [0.25, 0.3) is 5.91 Å². The zero-order valence-corrected chi connectivity index (χ0v) is 20.3. The Bertz CT molecular complexity index is 1190. The first-order chi connectivity index (χ1) is 15.8. The van der Waals surface area contributed by atoms with Crippen molar-refractivity contribution in [3.63, 3.8) is 0 Å². The van der Waals surface area contributed by atoms with Crippen molar-refractivity contribution in [1.29, 1.82) is 0 Å². The lowest BCUT2D eigenvalue weighted by Crippen LogP contribution is -2.37. The van der Waals surface area contributed by atoms with E-state index in [1.165, 1.54) is 17.0 Å². The molecule has 5 nitrogen and oxygen atoms in total. The van der Waals surface area contributed by atoms with E-state index in [-0.39, 0.29) is 35.7 Å². The van der Waals surface area contributed by atoms with Gasteiger partial charge in [0.2, 0.25) is 5.91 Å². The second-order valence-electron chi connectivity index (χ2n) is 7.46. The first kappa shape index (κ1) is 23.4. The third kappa shape index (κ3) is 5.40. The molecule has 0 aromatic heterocycles. The molecule has 33 heavy (non-hydrogen) atoms. The molecule has 9 heteroatoms. The van der Waals surface area contributed by atoms with Crippen LogP contribution in [0.1, 0.15) is 12.0 Å². The van der Waals surface area contributed by atoms with Crippen LogP contribution in [0.25, 0.3) is 0 Å². The van der Waals surface area contributed by atoms with Crippen molar-refractivity contribution < 1.29 is 14.0 Å². The molecule has 0 aliphatic carbocycles. The minimum Gasteiger partial charge on any atom is -0.332 e. The number of anilines is 2. The van der Waals surface area contributed by atoms with Crippen LogP contribution >= 0.6 is 39.7 Å². The fourth-order valence-electron chi connectivity index (χ4n) is 3.55. The number of nitrogens with one attached hydrogen (secondary N) is 1. The van der Waals surface area contributed by atoms with Gasteiger partial charge in [0, 0.05) is 21.7 Å². The van der Waals surface area contributed by atoms with E-state index in [4.69, 9.17) is 23.8 Å². The van der Waals surface area contributed by atoms with Gasteiger partial charge in [-0.05, 0) is 78.4 Å². The van der Waals surface area contributed by atoms with Gasteiger partial charge in [-0.3, -0.25) is 14.5 Å². The molecule has 0 saturated carbocycles. The van der Waals surface area contributed by atoms with Crippen molar-refractivity contribution in [2.45, 2.75) is 19.0 Å².